The van der Waals surface area contributed by atoms with E-state index in [0.717, 1.165) is 23.4 Å². The van der Waals surface area contributed by atoms with E-state index < -0.39 is 10.0 Å². The predicted octanol–water partition coefficient (Wildman–Crippen LogP) is 2.46. The molecule has 3 rings (SSSR count). The summed E-state index contributed by atoms with van der Waals surface area (Å²) in [6, 6.07) is 10.0. The highest BCUT2D eigenvalue weighted by Gasteiger charge is 2.15. The Morgan fingerprint density at radius 1 is 1.11 bits per heavy atom. The molecule has 0 unspecified atom stereocenters. The van der Waals surface area contributed by atoms with Crippen molar-refractivity contribution in [3.8, 4) is 0 Å². The molecule has 0 aliphatic heterocycles. The molecule has 142 valence electrons. The van der Waals surface area contributed by atoms with Gasteiger partial charge in [-0.05, 0) is 25.6 Å². The molecule has 27 heavy (non-hydrogen) atoms. The van der Waals surface area contributed by atoms with Crippen LogP contribution in [-0.2, 0) is 29.5 Å². The van der Waals surface area contributed by atoms with E-state index in [9.17, 15) is 8.42 Å². The zero-order valence-electron chi connectivity index (χ0n) is 15.2. The number of rotatable bonds is 8. The molecule has 1 N–H and O–H groups in total. The Bertz CT molecular complexity index is 972. The van der Waals surface area contributed by atoms with Gasteiger partial charge in [-0.25, -0.2) is 23.1 Å². The third-order valence-corrected chi connectivity index (χ3v) is 5.18. The minimum absolute atomic E-state index is 0.0353. The van der Waals surface area contributed by atoms with Gasteiger partial charge in [-0.1, -0.05) is 30.3 Å². The lowest BCUT2D eigenvalue weighted by atomic mass is 10.3. The summed E-state index contributed by atoms with van der Waals surface area (Å²) in [7, 11) is -1.75. The van der Waals surface area contributed by atoms with Gasteiger partial charge in [-0.3, -0.25) is 4.90 Å². The van der Waals surface area contributed by atoms with E-state index in [0.29, 0.717) is 13.1 Å². The molecule has 9 heteroatoms. The standard InChI is InChI=1S/C18H21N5O3S/c1-3-15-9-16(26-21-15)13-23(2)12-14-10-19-18(20-11-14)22-27(24,25)17-7-5-4-6-8-17/h4-11H,3,12-13H2,1-2H3,(H,19,20,22). The zero-order valence-corrected chi connectivity index (χ0v) is 16.0. The SMILES string of the molecule is CCc1cc(CN(C)Cc2cnc(NS(=O)(=O)c3ccccc3)nc2)on1. The van der Waals surface area contributed by atoms with Gasteiger partial charge in [0.1, 0.15) is 0 Å². The third-order valence-electron chi connectivity index (χ3n) is 3.83. The van der Waals surface area contributed by atoms with Crippen LogP contribution in [0.25, 0.3) is 0 Å². The predicted molar refractivity (Wildman–Crippen MR) is 100 cm³/mol. The number of nitrogens with zero attached hydrogens (tertiary/aromatic N) is 4. The zero-order chi connectivity index (χ0) is 19.3. The van der Waals surface area contributed by atoms with Crippen molar-refractivity contribution >= 4 is 16.0 Å². The lowest BCUT2D eigenvalue weighted by Gasteiger charge is -2.14. The van der Waals surface area contributed by atoms with Gasteiger partial charge in [0.2, 0.25) is 5.95 Å². The van der Waals surface area contributed by atoms with E-state index in [1.54, 1.807) is 30.6 Å². The molecule has 1 aromatic carbocycles. The molecule has 2 aromatic heterocycles. The molecule has 0 amide bonds. The van der Waals surface area contributed by atoms with Gasteiger partial charge < -0.3 is 4.52 Å². The van der Waals surface area contributed by atoms with E-state index in [2.05, 4.69) is 19.8 Å². The Morgan fingerprint density at radius 2 is 1.81 bits per heavy atom. The fourth-order valence-corrected chi connectivity index (χ4v) is 3.48. The Morgan fingerprint density at radius 3 is 2.44 bits per heavy atom. The van der Waals surface area contributed by atoms with Crippen molar-refractivity contribution in [3.05, 3.63) is 65.8 Å². The molecular formula is C18H21N5O3S. The van der Waals surface area contributed by atoms with Crippen LogP contribution in [-0.4, -0.2) is 35.5 Å². The van der Waals surface area contributed by atoms with Crippen LogP contribution in [0, 0.1) is 0 Å². The van der Waals surface area contributed by atoms with Crippen LogP contribution in [0.1, 0.15) is 23.9 Å². The maximum absolute atomic E-state index is 12.3. The van der Waals surface area contributed by atoms with Gasteiger partial charge in [-0.2, -0.15) is 0 Å². The average molecular weight is 387 g/mol. The fraction of sp³-hybridized carbons (Fsp3) is 0.278. The number of sulfonamides is 1. The van der Waals surface area contributed by atoms with Gasteiger partial charge in [0.15, 0.2) is 5.76 Å². The number of anilines is 1. The highest BCUT2D eigenvalue weighted by atomic mass is 32.2. The van der Waals surface area contributed by atoms with Crippen LogP contribution in [0.3, 0.4) is 0 Å². The lowest BCUT2D eigenvalue weighted by Crippen LogP contribution is -2.18. The first-order valence-electron chi connectivity index (χ1n) is 8.48. The van der Waals surface area contributed by atoms with Crippen molar-refractivity contribution in [2.45, 2.75) is 31.3 Å². The van der Waals surface area contributed by atoms with Gasteiger partial charge in [0, 0.05) is 30.6 Å². The first-order chi connectivity index (χ1) is 13.0. The molecule has 0 atom stereocenters. The summed E-state index contributed by atoms with van der Waals surface area (Å²) < 4.78 is 32.2. The highest BCUT2D eigenvalue weighted by Crippen LogP contribution is 2.13. The Labute approximate surface area is 158 Å². The number of benzene rings is 1. The molecule has 8 nitrogen and oxygen atoms in total. The first kappa shape index (κ1) is 19.0. The Balaban J connectivity index is 1.60. The van der Waals surface area contributed by atoms with Crippen LogP contribution in [0.2, 0.25) is 0 Å². The van der Waals surface area contributed by atoms with E-state index in [-0.39, 0.29) is 10.8 Å². The van der Waals surface area contributed by atoms with Gasteiger partial charge in [0.05, 0.1) is 17.1 Å². The van der Waals surface area contributed by atoms with Crippen LogP contribution in [0.15, 0.2) is 58.2 Å². The van der Waals surface area contributed by atoms with Crippen LogP contribution in [0.5, 0.6) is 0 Å². The molecule has 3 aromatic rings. The van der Waals surface area contributed by atoms with E-state index in [1.165, 1.54) is 12.1 Å². The molecule has 0 spiro atoms. The van der Waals surface area contributed by atoms with E-state index in [1.807, 2.05) is 24.9 Å². The fourth-order valence-electron chi connectivity index (χ4n) is 2.50. The maximum Gasteiger partial charge on any atom is 0.264 e. The molecule has 0 aliphatic rings. The summed E-state index contributed by atoms with van der Waals surface area (Å²) in [4.78, 5) is 10.4. The molecule has 0 bridgehead atoms. The summed E-state index contributed by atoms with van der Waals surface area (Å²) in [5.74, 6) is 0.829. The second-order valence-electron chi connectivity index (χ2n) is 6.14. The summed E-state index contributed by atoms with van der Waals surface area (Å²) in [6.45, 7) is 3.22. The third kappa shape index (κ3) is 5.11. The second kappa shape index (κ2) is 8.28. The number of aromatic nitrogens is 3. The maximum atomic E-state index is 12.3. The van der Waals surface area contributed by atoms with E-state index in [4.69, 9.17) is 4.52 Å². The molecule has 0 saturated carbocycles. The van der Waals surface area contributed by atoms with Crippen LogP contribution >= 0.6 is 0 Å². The summed E-state index contributed by atoms with van der Waals surface area (Å²) in [5.41, 5.74) is 1.78. The molecule has 0 radical (unpaired) electrons. The van der Waals surface area contributed by atoms with Crippen LogP contribution in [0.4, 0.5) is 5.95 Å². The molecule has 0 fully saturated rings. The van der Waals surface area contributed by atoms with Gasteiger partial charge in [0.25, 0.3) is 10.0 Å². The number of hydrogen-bond acceptors (Lipinski definition) is 7. The molecular weight excluding hydrogens is 366 g/mol. The summed E-state index contributed by atoms with van der Waals surface area (Å²) >= 11 is 0. The number of nitrogens with one attached hydrogen (secondary N) is 1. The van der Waals surface area contributed by atoms with Crippen molar-refractivity contribution in [1.29, 1.82) is 0 Å². The Hall–Kier alpha value is -2.78. The first-order valence-corrected chi connectivity index (χ1v) is 9.96. The quantitative estimate of drug-likeness (QED) is 0.633. The van der Waals surface area contributed by atoms with Gasteiger partial charge >= 0.3 is 0 Å². The highest BCUT2D eigenvalue weighted by molar-refractivity contribution is 7.92. The summed E-state index contributed by atoms with van der Waals surface area (Å²) in [6.07, 6.45) is 4.04. The monoisotopic (exact) mass is 387 g/mol. The second-order valence-corrected chi connectivity index (χ2v) is 7.83. The minimum atomic E-state index is -3.69. The number of hydrogen-bond donors (Lipinski definition) is 1. The smallest absolute Gasteiger partial charge is 0.264 e. The topological polar surface area (TPSA) is 101 Å². The van der Waals surface area contributed by atoms with Crippen molar-refractivity contribution < 1.29 is 12.9 Å². The Kier molecular flexibility index (Phi) is 5.82. The largest absolute Gasteiger partial charge is 0.360 e. The molecule has 0 aliphatic carbocycles. The van der Waals surface area contributed by atoms with Crippen molar-refractivity contribution in [1.82, 2.24) is 20.0 Å². The number of aryl methyl sites for hydroxylation is 1. The van der Waals surface area contributed by atoms with Crippen molar-refractivity contribution in [3.63, 3.8) is 0 Å². The van der Waals surface area contributed by atoms with Crippen molar-refractivity contribution in [2.24, 2.45) is 0 Å². The molecule has 0 saturated heterocycles. The lowest BCUT2D eigenvalue weighted by molar-refractivity contribution is 0.265. The minimum Gasteiger partial charge on any atom is -0.360 e. The average Bonchev–Trinajstić information content (AvgIpc) is 3.11. The van der Waals surface area contributed by atoms with Crippen LogP contribution < -0.4 is 4.72 Å². The van der Waals surface area contributed by atoms with Crippen molar-refractivity contribution in [2.75, 3.05) is 11.8 Å². The normalized spacial score (nSPS) is 11.7. The summed E-state index contributed by atoms with van der Waals surface area (Å²) in [5, 5.41) is 3.97. The molecule has 2 heterocycles. The van der Waals surface area contributed by atoms with E-state index >= 15 is 0 Å². The van der Waals surface area contributed by atoms with Gasteiger partial charge in [-0.15, -0.1) is 0 Å².